The van der Waals surface area contributed by atoms with E-state index in [0.717, 1.165) is 42.0 Å². The SMILES string of the molecule is CCN(C(=O)CSc1n[nH]c2nc3ccccc3n12)C1=CCCC1. The zero-order chi connectivity index (χ0) is 16.5. The van der Waals surface area contributed by atoms with E-state index in [4.69, 9.17) is 0 Å². The molecular formula is C17H19N5OS. The van der Waals surface area contributed by atoms with Crippen LogP contribution in [0.5, 0.6) is 0 Å². The third kappa shape index (κ3) is 2.58. The van der Waals surface area contributed by atoms with Crippen molar-refractivity contribution >= 4 is 34.5 Å². The van der Waals surface area contributed by atoms with Gasteiger partial charge >= 0.3 is 0 Å². The number of para-hydroxylation sites is 2. The standard InChI is InChI=1S/C17H19N5OS/c1-2-21(12-7-3-4-8-12)15(23)11-24-17-20-19-16-18-13-9-5-6-10-14(13)22(16)17/h5-7,9-10H,2-4,8,11H2,1H3,(H,18,19). The Balaban J connectivity index is 1.55. The van der Waals surface area contributed by atoms with Gasteiger partial charge in [-0.1, -0.05) is 30.0 Å². The normalized spacial score (nSPS) is 14.5. The van der Waals surface area contributed by atoms with Crippen LogP contribution in [0.25, 0.3) is 16.8 Å². The van der Waals surface area contributed by atoms with Gasteiger partial charge in [-0.3, -0.25) is 9.20 Å². The fraction of sp³-hybridized carbons (Fsp3) is 0.353. The first-order chi connectivity index (χ1) is 11.8. The van der Waals surface area contributed by atoms with E-state index < -0.39 is 0 Å². The van der Waals surface area contributed by atoms with E-state index in [0.29, 0.717) is 11.5 Å². The van der Waals surface area contributed by atoms with Crippen LogP contribution in [0.1, 0.15) is 26.2 Å². The predicted octanol–water partition coefficient (Wildman–Crippen LogP) is 3.22. The molecule has 1 amide bonds. The Kier molecular flexibility index (Phi) is 4.02. The highest BCUT2D eigenvalue weighted by Gasteiger charge is 2.20. The molecule has 1 aromatic carbocycles. The Hall–Kier alpha value is -2.28. The second-order valence-corrected chi connectivity index (χ2v) is 6.72. The average molecular weight is 341 g/mol. The van der Waals surface area contributed by atoms with Gasteiger partial charge in [0, 0.05) is 12.2 Å². The summed E-state index contributed by atoms with van der Waals surface area (Å²) in [4.78, 5) is 19.0. The highest BCUT2D eigenvalue weighted by atomic mass is 32.2. The van der Waals surface area contributed by atoms with Gasteiger partial charge in [0.15, 0.2) is 5.16 Å². The third-order valence-electron chi connectivity index (χ3n) is 4.31. The number of carbonyl (C=O) groups is 1. The molecule has 2 heterocycles. The fourth-order valence-electron chi connectivity index (χ4n) is 3.18. The number of amides is 1. The van der Waals surface area contributed by atoms with Gasteiger partial charge in [0.05, 0.1) is 16.8 Å². The molecule has 0 saturated carbocycles. The van der Waals surface area contributed by atoms with Crippen molar-refractivity contribution in [3.63, 3.8) is 0 Å². The van der Waals surface area contributed by atoms with Crippen molar-refractivity contribution in [3.8, 4) is 0 Å². The van der Waals surface area contributed by atoms with Crippen molar-refractivity contribution in [2.45, 2.75) is 31.3 Å². The van der Waals surface area contributed by atoms with Gasteiger partial charge in [-0.05, 0) is 38.3 Å². The van der Waals surface area contributed by atoms with Crippen LogP contribution in [0.4, 0.5) is 0 Å². The van der Waals surface area contributed by atoms with Crippen molar-refractivity contribution in [2.24, 2.45) is 0 Å². The van der Waals surface area contributed by atoms with Crippen molar-refractivity contribution in [2.75, 3.05) is 12.3 Å². The lowest BCUT2D eigenvalue weighted by molar-refractivity contribution is -0.126. The molecule has 0 radical (unpaired) electrons. The van der Waals surface area contributed by atoms with E-state index in [2.05, 4.69) is 21.3 Å². The van der Waals surface area contributed by atoms with Crippen molar-refractivity contribution < 1.29 is 4.79 Å². The quantitative estimate of drug-likeness (QED) is 0.724. The summed E-state index contributed by atoms with van der Waals surface area (Å²) in [7, 11) is 0. The number of aromatic nitrogens is 4. The maximum absolute atomic E-state index is 12.6. The Morgan fingerprint density at radius 1 is 1.42 bits per heavy atom. The minimum atomic E-state index is 0.135. The van der Waals surface area contributed by atoms with E-state index in [1.165, 1.54) is 17.5 Å². The van der Waals surface area contributed by atoms with Crippen LogP contribution >= 0.6 is 11.8 Å². The topological polar surface area (TPSA) is 66.3 Å². The monoisotopic (exact) mass is 341 g/mol. The first kappa shape index (κ1) is 15.3. The summed E-state index contributed by atoms with van der Waals surface area (Å²) in [5.74, 6) is 1.21. The zero-order valence-corrected chi connectivity index (χ0v) is 14.3. The van der Waals surface area contributed by atoms with Crippen LogP contribution in [0.2, 0.25) is 0 Å². The lowest BCUT2D eigenvalue weighted by Gasteiger charge is -2.21. The lowest BCUT2D eigenvalue weighted by Crippen LogP contribution is -2.31. The maximum atomic E-state index is 12.6. The number of thioether (sulfide) groups is 1. The number of aromatic amines is 1. The molecule has 24 heavy (non-hydrogen) atoms. The molecular weight excluding hydrogens is 322 g/mol. The Labute approximate surface area is 143 Å². The molecule has 4 rings (SSSR count). The second kappa shape index (κ2) is 6.32. The lowest BCUT2D eigenvalue weighted by atomic mass is 10.3. The molecule has 1 aliphatic carbocycles. The zero-order valence-electron chi connectivity index (χ0n) is 13.5. The number of nitrogens with zero attached hydrogens (tertiary/aromatic N) is 4. The molecule has 0 unspecified atom stereocenters. The van der Waals surface area contributed by atoms with E-state index in [9.17, 15) is 4.79 Å². The summed E-state index contributed by atoms with van der Waals surface area (Å²) in [5, 5.41) is 8.02. The molecule has 0 fully saturated rings. The number of rotatable bonds is 5. The summed E-state index contributed by atoms with van der Waals surface area (Å²) in [6, 6.07) is 7.93. The predicted molar refractivity (Wildman–Crippen MR) is 94.9 cm³/mol. The molecule has 7 heteroatoms. The van der Waals surface area contributed by atoms with Gasteiger partial charge in [0.2, 0.25) is 11.7 Å². The number of nitrogens with one attached hydrogen (secondary N) is 1. The fourth-order valence-corrected chi connectivity index (χ4v) is 4.01. The van der Waals surface area contributed by atoms with Gasteiger partial charge in [0.25, 0.3) is 0 Å². The Morgan fingerprint density at radius 3 is 3.08 bits per heavy atom. The number of carbonyl (C=O) groups excluding carboxylic acids is 1. The number of fused-ring (bicyclic) bond motifs is 3. The number of hydrogen-bond acceptors (Lipinski definition) is 4. The van der Waals surface area contributed by atoms with Gasteiger partial charge in [-0.25, -0.2) is 10.1 Å². The second-order valence-electron chi connectivity index (χ2n) is 5.78. The van der Waals surface area contributed by atoms with Crippen LogP contribution in [-0.2, 0) is 4.79 Å². The average Bonchev–Trinajstić information content (AvgIpc) is 3.30. The van der Waals surface area contributed by atoms with Crippen molar-refractivity contribution in [1.29, 1.82) is 0 Å². The van der Waals surface area contributed by atoms with E-state index in [1.54, 1.807) is 0 Å². The van der Waals surface area contributed by atoms with Gasteiger partial charge in [-0.15, -0.1) is 5.10 Å². The first-order valence-corrected chi connectivity index (χ1v) is 9.20. The largest absolute Gasteiger partial charge is 0.316 e. The molecule has 0 aliphatic heterocycles. The summed E-state index contributed by atoms with van der Waals surface area (Å²) in [5.41, 5.74) is 3.09. The highest BCUT2D eigenvalue weighted by molar-refractivity contribution is 7.99. The molecule has 1 aliphatic rings. The van der Waals surface area contributed by atoms with Crippen LogP contribution < -0.4 is 0 Å². The molecule has 3 aromatic rings. The molecule has 0 atom stereocenters. The van der Waals surface area contributed by atoms with E-state index in [1.807, 2.05) is 40.5 Å². The first-order valence-electron chi connectivity index (χ1n) is 8.21. The van der Waals surface area contributed by atoms with Crippen LogP contribution in [0.3, 0.4) is 0 Å². The highest BCUT2D eigenvalue weighted by Crippen LogP contribution is 2.25. The summed E-state index contributed by atoms with van der Waals surface area (Å²) in [6.45, 7) is 2.74. The van der Waals surface area contributed by atoms with Crippen LogP contribution in [0.15, 0.2) is 41.2 Å². The number of H-pyrrole nitrogens is 1. The minimum absolute atomic E-state index is 0.135. The smallest absolute Gasteiger partial charge is 0.237 e. The summed E-state index contributed by atoms with van der Waals surface area (Å²) < 4.78 is 1.97. The minimum Gasteiger partial charge on any atom is -0.316 e. The summed E-state index contributed by atoms with van der Waals surface area (Å²) >= 11 is 1.45. The molecule has 1 N–H and O–H groups in total. The van der Waals surface area contributed by atoms with E-state index in [-0.39, 0.29) is 5.91 Å². The van der Waals surface area contributed by atoms with Gasteiger partial charge in [0.1, 0.15) is 0 Å². The van der Waals surface area contributed by atoms with E-state index >= 15 is 0 Å². The third-order valence-corrected chi connectivity index (χ3v) is 5.23. The Bertz CT molecular complexity index is 926. The van der Waals surface area contributed by atoms with Crippen molar-refractivity contribution in [3.05, 3.63) is 36.0 Å². The molecule has 0 spiro atoms. The summed E-state index contributed by atoms with van der Waals surface area (Å²) in [6.07, 6.45) is 5.41. The Morgan fingerprint density at radius 2 is 2.29 bits per heavy atom. The molecule has 0 bridgehead atoms. The molecule has 6 nitrogen and oxygen atoms in total. The molecule has 2 aromatic heterocycles. The number of allylic oxidation sites excluding steroid dienone is 2. The van der Waals surface area contributed by atoms with Gasteiger partial charge in [-0.2, -0.15) is 0 Å². The number of hydrogen-bond donors (Lipinski definition) is 1. The van der Waals surface area contributed by atoms with Crippen LogP contribution in [-0.4, -0.2) is 42.7 Å². The molecule has 124 valence electrons. The van der Waals surface area contributed by atoms with Crippen LogP contribution in [0, 0.1) is 0 Å². The maximum Gasteiger partial charge on any atom is 0.237 e. The number of imidazole rings is 1. The van der Waals surface area contributed by atoms with Crippen molar-refractivity contribution in [1.82, 2.24) is 24.5 Å². The molecule has 0 saturated heterocycles. The number of benzene rings is 1. The van der Waals surface area contributed by atoms with Gasteiger partial charge < -0.3 is 4.90 Å².